The summed E-state index contributed by atoms with van der Waals surface area (Å²) in [4.78, 5) is 11.7. The van der Waals surface area contributed by atoms with Crippen LogP contribution in [0.4, 0.5) is 4.79 Å². The first kappa shape index (κ1) is 16.3. The van der Waals surface area contributed by atoms with Gasteiger partial charge in [-0.25, -0.2) is 9.80 Å². The Kier molecular flexibility index (Phi) is 5.35. The SMILES string of the molecule is C=CCOC(=O)NC1CN(C(N)=S)N=C1c1ccc(Cl)cc1. The molecule has 1 aromatic rings. The van der Waals surface area contributed by atoms with Crippen molar-refractivity contribution >= 4 is 40.7 Å². The van der Waals surface area contributed by atoms with Gasteiger partial charge in [0.1, 0.15) is 6.61 Å². The first-order valence-corrected chi connectivity index (χ1v) is 7.25. The van der Waals surface area contributed by atoms with Crippen LogP contribution in [0, 0.1) is 0 Å². The predicted octanol–water partition coefficient (Wildman–Crippen LogP) is 1.88. The normalized spacial score (nSPS) is 16.9. The topological polar surface area (TPSA) is 80.0 Å². The smallest absolute Gasteiger partial charge is 0.408 e. The van der Waals surface area contributed by atoms with Gasteiger partial charge in [0.25, 0.3) is 0 Å². The van der Waals surface area contributed by atoms with Gasteiger partial charge in [-0.3, -0.25) is 0 Å². The largest absolute Gasteiger partial charge is 0.445 e. The maximum Gasteiger partial charge on any atom is 0.408 e. The molecule has 8 heteroatoms. The van der Waals surface area contributed by atoms with Crippen molar-refractivity contribution in [1.29, 1.82) is 0 Å². The zero-order chi connectivity index (χ0) is 16.1. The fraction of sp³-hybridized carbons (Fsp3) is 0.214. The van der Waals surface area contributed by atoms with E-state index in [1.165, 1.54) is 11.1 Å². The van der Waals surface area contributed by atoms with Crippen LogP contribution in [0.15, 0.2) is 42.0 Å². The fourth-order valence-electron chi connectivity index (χ4n) is 1.95. The number of amides is 1. The number of nitrogens with one attached hydrogen (secondary N) is 1. The van der Waals surface area contributed by atoms with Crippen LogP contribution in [0.3, 0.4) is 0 Å². The Bertz CT molecular complexity index is 618. The van der Waals surface area contributed by atoms with Crippen LogP contribution in [-0.2, 0) is 4.74 Å². The second-order valence-corrected chi connectivity index (χ2v) is 5.35. The number of halogens is 1. The summed E-state index contributed by atoms with van der Waals surface area (Å²) in [5.74, 6) is 0. The lowest BCUT2D eigenvalue weighted by atomic mass is 10.0. The van der Waals surface area contributed by atoms with E-state index < -0.39 is 6.09 Å². The number of nitrogens with zero attached hydrogens (tertiary/aromatic N) is 2. The first-order valence-electron chi connectivity index (χ1n) is 6.47. The number of ether oxygens (including phenoxy) is 1. The van der Waals surface area contributed by atoms with E-state index in [2.05, 4.69) is 17.0 Å². The monoisotopic (exact) mass is 338 g/mol. The number of thiocarbonyl (C=S) groups is 1. The summed E-state index contributed by atoms with van der Waals surface area (Å²) in [6.07, 6.45) is 0.931. The molecule has 0 spiro atoms. The number of alkyl carbamates (subject to hydrolysis) is 1. The molecule has 116 valence electrons. The third kappa shape index (κ3) is 3.96. The molecular formula is C14H15ClN4O2S. The van der Waals surface area contributed by atoms with E-state index in [0.717, 1.165) is 5.56 Å². The van der Waals surface area contributed by atoms with Crippen LogP contribution in [0.1, 0.15) is 5.56 Å². The quantitative estimate of drug-likeness (QED) is 0.647. The minimum absolute atomic E-state index is 0.130. The molecule has 0 saturated carbocycles. The molecule has 1 heterocycles. The van der Waals surface area contributed by atoms with E-state index in [9.17, 15) is 4.79 Å². The molecule has 0 aromatic heterocycles. The average molecular weight is 339 g/mol. The Balaban J connectivity index is 2.18. The Morgan fingerprint density at radius 1 is 1.59 bits per heavy atom. The molecule has 1 atom stereocenters. The van der Waals surface area contributed by atoms with Crippen molar-refractivity contribution in [1.82, 2.24) is 10.3 Å². The number of carbonyl (C=O) groups is 1. The minimum atomic E-state index is -0.559. The zero-order valence-corrected chi connectivity index (χ0v) is 13.2. The van der Waals surface area contributed by atoms with Crippen molar-refractivity contribution < 1.29 is 9.53 Å². The lowest BCUT2D eigenvalue weighted by Crippen LogP contribution is -2.44. The van der Waals surface area contributed by atoms with Gasteiger partial charge in [-0.15, -0.1) is 0 Å². The van der Waals surface area contributed by atoms with E-state index in [1.54, 1.807) is 12.1 Å². The molecule has 0 bridgehead atoms. The molecule has 2 rings (SSSR count). The predicted molar refractivity (Wildman–Crippen MR) is 89.9 cm³/mol. The van der Waals surface area contributed by atoms with Crippen LogP contribution in [0.25, 0.3) is 0 Å². The molecule has 1 aromatic carbocycles. The number of carbonyl (C=O) groups excluding carboxylic acids is 1. The van der Waals surface area contributed by atoms with Gasteiger partial charge in [0.15, 0.2) is 5.11 Å². The lowest BCUT2D eigenvalue weighted by Gasteiger charge is -2.15. The molecule has 1 amide bonds. The lowest BCUT2D eigenvalue weighted by molar-refractivity contribution is 0.156. The number of hydrogen-bond acceptors (Lipinski definition) is 4. The molecule has 0 fully saturated rings. The van der Waals surface area contributed by atoms with Crippen molar-refractivity contribution in [3.63, 3.8) is 0 Å². The number of hydrazone groups is 1. The van der Waals surface area contributed by atoms with Gasteiger partial charge in [0.2, 0.25) is 0 Å². The summed E-state index contributed by atoms with van der Waals surface area (Å²) < 4.78 is 4.93. The Hall–Kier alpha value is -2.12. The van der Waals surface area contributed by atoms with Gasteiger partial charge in [0, 0.05) is 10.6 Å². The molecule has 6 nitrogen and oxygen atoms in total. The molecule has 0 aliphatic carbocycles. The molecular weight excluding hydrogens is 324 g/mol. The maximum absolute atomic E-state index is 11.7. The molecule has 22 heavy (non-hydrogen) atoms. The van der Waals surface area contributed by atoms with Gasteiger partial charge in [0.05, 0.1) is 18.3 Å². The third-order valence-corrected chi connectivity index (χ3v) is 3.40. The minimum Gasteiger partial charge on any atom is -0.445 e. The summed E-state index contributed by atoms with van der Waals surface area (Å²) in [5.41, 5.74) is 7.06. The van der Waals surface area contributed by atoms with Crippen LogP contribution < -0.4 is 11.1 Å². The summed E-state index contributed by atoms with van der Waals surface area (Å²) in [7, 11) is 0. The van der Waals surface area contributed by atoms with Crippen LogP contribution in [-0.4, -0.2) is 41.1 Å². The Labute approximate surface area is 138 Å². The highest BCUT2D eigenvalue weighted by Gasteiger charge is 2.30. The summed E-state index contributed by atoms with van der Waals surface area (Å²) in [5, 5.41) is 9.29. The van der Waals surface area contributed by atoms with Crippen molar-refractivity contribution in [2.45, 2.75) is 6.04 Å². The van der Waals surface area contributed by atoms with Crippen molar-refractivity contribution in [3.05, 3.63) is 47.5 Å². The molecule has 1 aliphatic rings. The Morgan fingerprint density at radius 3 is 2.86 bits per heavy atom. The summed E-state index contributed by atoms with van der Waals surface area (Å²) in [6.45, 7) is 3.96. The summed E-state index contributed by atoms with van der Waals surface area (Å²) in [6, 6.07) is 6.73. The van der Waals surface area contributed by atoms with E-state index in [-0.39, 0.29) is 17.8 Å². The fourth-order valence-corrected chi connectivity index (χ4v) is 2.19. The summed E-state index contributed by atoms with van der Waals surface area (Å²) >= 11 is 10.8. The molecule has 3 N–H and O–H groups in total. The van der Waals surface area contributed by atoms with Crippen LogP contribution >= 0.6 is 23.8 Å². The molecule has 1 aliphatic heterocycles. The van der Waals surface area contributed by atoms with Crippen molar-refractivity contribution in [2.24, 2.45) is 10.8 Å². The van der Waals surface area contributed by atoms with Crippen LogP contribution in [0.2, 0.25) is 5.02 Å². The highest BCUT2D eigenvalue weighted by molar-refractivity contribution is 7.80. The van der Waals surface area contributed by atoms with E-state index in [4.69, 9.17) is 34.3 Å². The van der Waals surface area contributed by atoms with Gasteiger partial charge in [-0.1, -0.05) is 36.4 Å². The van der Waals surface area contributed by atoms with E-state index in [1.807, 2.05) is 12.1 Å². The first-order chi connectivity index (χ1) is 10.5. The third-order valence-electron chi connectivity index (χ3n) is 2.93. The maximum atomic E-state index is 11.7. The van der Waals surface area contributed by atoms with Gasteiger partial charge >= 0.3 is 6.09 Å². The molecule has 0 radical (unpaired) electrons. The van der Waals surface area contributed by atoms with Gasteiger partial charge < -0.3 is 15.8 Å². The van der Waals surface area contributed by atoms with Crippen molar-refractivity contribution in [3.8, 4) is 0 Å². The van der Waals surface area contributed by atoms with E-state index in [0.29, 0.717) is 17.3 Å². The second-order valence-electron chi connectivity index (χ2n) is 4.50. The van der Waals surface area contributed by atoms with Gasteiger partial charge in [-0.2, -0.15) is 5.10 Å². The average Bonchev–Trinajstić information content (AvgIpc) is 2.90. The zero-order valence-electron chi connectivity index (χ0n) is 11.7. The standard InChI is InChI=1S/C14H15ClN4O2S/c1-2-7-21-14(20)17-11-8-19(13(16)22)18-12(11)9-3-5-10(15)6-4-9/h2-6,11H,1,7-8H2,(H2,16,22)(H,17,20). The van der Waals surface area contributed by atoms with E-state index >= 15 is 0 Å². The number of rotatable bonds is 4. The molecule has 1 unspecified atom stereocenters. The highest BCUT2D eigenvalue weighted by Crippen LogP contribution is 2.17. The molecule has 0 saturated heterocycles. The van der Waals surface area contributed by atoms with Crippen LogP contribution in [0.5, 0.6) is 0 Å². The number of benzene rings is 1. The number of hydrogen-bond donors (Lipinski definition) is 2. The number of nitrogens with two attached hydrogens (primary N) is 1. The second kappa shape index (κ2) is 7.24. The van der Waals surface area contributed by atoms with Gasteiger partial charge in [-0.05, 0) is 24.4 Å². The Morgan fingerprint density at radius 2 is 2.27 bits per heavy atom. The highest BCUT2D eigenvalue weighted by atomic mass is 35.5. The van der Waals surface area contributed by atoms with Crippen molar-refractivity contribution in [2.75, 3.05) is 13.2 Å².